The topological polar surface area (TPSA) is 69.4 Å². The first-order valence-corrected chi connectivity index (χ1v) is 6.27. The van der Waals surface area contributed by atoms with Gasteiger partial charge in [-0.15, -0.1) is 0 Å². The molecule has 0 unspecified atom stereocenters. The summed E-state index contributed by atoms with van der Waals surface area (Å²) in [5.41, 5.74) is 5.99. The number of nitrogens with two attached hydrogens (primary N) is 1. The number of rotatable bonds is 3. The van der Waals surface area contributed by atoms with Crippen LogP contribution in [0.3, 0.4) is 0 Å². The van der Waals surface area contributed by atoms with Gasteiger partial charge >= 0.3 is 5.97 Å². The predicted octanol–water partition coefficient (Wildman–Crippen LogP) is 2.28. The number of amides is 1. The quantitative estimate of drug-likeness (QED) is 0.833. The number of primary amides is 1. The van der Waals surface area contributed by atoms with Crippen LogP contribution in [0.15, 0.2) is 24.3 Å². The zero-order chi connectivity index (χ0) is 13.0. The number of hydrogen-bond donors (Lipinski definition) is 1. The van der Waals surface area contributed by atoms with E-state index in [1.165, 1.54) is 6.42 Å². The lowest BCUT2D eigenvalue weighted by atomic mass is 9.98. The molecule has 0 aromatic heterocycles. The maximum atomic E-state index is 11.9. The van der Waals surface area contributed by atoms with E-state index in [1.807, 2.05) is 0 Å². The summed E-state index contributed by atoms with van der Waals surface area (Å²) in [6, 6.07) is 6.23. The molecule has 18 heavy (non-hydrogen) atoms. The molecule has 2 N–H and O–H groups in total. The average Bonchev–Trinajstić information content (AvgIpc) is 2.40. The van der Waals surface area contributed by atoms with Crippen molar-refractivity contribution in [1.82, 2.24) is 0 Å². The molecule has 1 amide bonds. The van der Waals surface area contributed by atoms with Gasteiger partial charge in [-0.1, -0.05) is 6.42 Å². The molecule has 4 nitrogen and oxygen atoms in total. The SMILES string of the molecule is NC(=O)c1ccc(C(=O)OC2CCCCC2)cc1. The van der Waals surface area contributed by atoms with Crippen LogP contribution in [-0.2, 0) is 4.74 Å². The largest absolute Gasteiger partial charge is 0.459 e. The summed E-state index contributed by atoms with van der Waals surface area (Å²) in [5, 5.41) is 0. The molecule has 1 aromatic rings. The highest BCUT2D eigenvalue weighted by Gasteiger charge is 2.18. The van der Waals surface area contributed by atoms with Crippen LogP contribution in [0.25, 0.3) is 0 Å². The van der Waals surface area contributed by atoms with Gasteiger partial charge in [0.15, 0.2) is 0 Å². The Labute approximate surface area is 106 Å². The van der Waals surface area contributed by atoms with Crippen molar-refractivity contribution < 1.29 is 14.3 Å². The van der Waals surface area contributed by atoms with Gasteiger partial charge in [0.2, 0.25) is 5.91 Å². The van der Waals surface area contributed by atoms with E-state index in [1.54, 1.807) is 24.3 Å². The predicted molar refractivity (Wildman–Crippen MR) is 67.2 cm³/mol. The molecule has 1 aromatic carbocycles. The average molecular weight is 247 g/mol. The molecule has 0 atom stereocenters. The van der Waals surface area contributed by atoms with E-state index in [9.17, 15) is 9.59 Å². The Hall–Kier alpha value is -1.84. The molecule has 96 valence electrons. The molecule has 0 bridgehead atoms. The second kappa shape index (κ2) is 5.67. The van der Waals surface area contributed by atoms with Crippen LogP contribution in [0, 0.1) is 0 Å². The van der Waals surface area contributed by atoms with Crippen LogP contribution in [0.4, 0.5) is 0 Å². The highest BCUT2D eigenvalue weighted by Crippen LogP contribution is 2.21. The van der Waals surface area contributed by atoms with Crippen molar-refractivity contribution in [2.45, 2.75) is 38.2 Å². The third-order valence-electron chi connectivity index (χ3n) is 3.23. The van der Waals surface area contributed by atoms with Crippen LogP contribution in [-0.4, -0.2) is 18.0 Å². The summed E-state index contributed by atoms with van der Waals surface area (Å²) >= 11 is 0. The Kier molecular flexibility index (Phi) is 3.97. The number of carbonyl (C=O) groups excluding carboxylic acids is 2. The van der Waals surface area contributed by atoms with Crippen molar-refractivity contribution in [1.29, 1.82) is 0 Å². The monoisotopic (exact) mass is 247 g/mol. The van der Waals surface area contributed by atoms with Crippen molar-refractivity contribution in [3.63, 3.8) is 0 Å². The minimum Gasteiger partial charge on any atom is -0.459 e. The van der Waals surface area contributed by atoms with Crippen molar-refractivity contribution in [3.05, 3.63) is 35.4 Å². The van der Waals surface area contributed by atoms with Gasteiger partial charge < -0.3 is 10.5 Å². The summed E-state index contributed by atoms with van der Waals surface area (Å²) in [7, 11) is 0. The lowest BCUT2D eigenvalue weighted by Crippen LogP contribution is -2.21. The minimum absolute atomic E-state index is 0.0436. The van der Waals surface area contributed by atoms with Gasteiger partial charge in [0, 0.05) is 5.56 Å². The first-order chi connectivity index (χ1) is 8.66. The second-order valence-corrected chi connectivity index (χ2v) is 4.61. The van der Waals surface area contributed by atoms with Gasteiger partial charge in [0.25, 0.3) is 0 Å². The molecule has 1 aliphatic rings. The van der Waals surface area contributed by atoms with Gasteiger partial charge in [0.05, 0.1) is 5.56 Å². The molecule has 1 aliphatic carbocycles. The Morgan fingerprint density at radius 1 is 1.00 bits per heavy atom. The van der Waals surface area contributed by atoms with Gasteiger partial charge in [-0.3, -0.25) is 4.79 Å². The fourth-order valence-electron chi connectivity index (χ4n) is 2.17. The molecule has 0 aliphatic heterocycles. The molecule has 0 saturated heterocycles. The lowest BCUT2D eigenvalue weighted by Gasteiger charge is -2.21. The van der Waals surface area contributed by atoms with Crippen LogP contribution in [0.1, 0.15) is 52.8 Å². The van der Waals surface area contributed by atoms with Gasteiger partial charge in [-0.2, -0.15) is 0 Å². The van der Waals surface area contributed by atoms with E-state index in [0.29, 0.717) is 11.1 Å². The van der Waals surface area contributed by atoms with Crippen molar-refractivity contribution in [2.24, 2.45) is 5.73 Å². The number of hydrogen-bond acceptors (Lipinski definition) is 3. The van der Waals surface area contributed by atoms with Gasteiger partial charge in [-0.05, 0) is 49.9 Å². The third kappa shape index (κ3) is 3.09. The van der Waals surface area contributed by atoms with E-state index < -0.39 is 5.91 Å². The van der Waals surface area contributed by atoms with Gasteiger partial charge in [0.1, 0.15) is 6.10 Å². The molecule has 4 heteroatoms. The van der Waals surface area contributed by atoms with E-state index in [-0.39, 0.29) is 12.1 Å². The number of carbonyl (C=O) groups is 2. The minimum atomic E-state index is -0.498. The molecule has 1 fully saturated rings. The Bertz CT molecular complexity index is 433. The van der Waals surface area contributed by atoms with E-state index in [4.69, 9.17) is 10.5 Å². The molecule has 1 saturated carbocycles. The Morgan fingerprint density at radius 2 is 1.56 bits per heavy atom. The van der Waals surface area contributed by atoms with Crippen LogP contribution in [0.5, 0.6) is 0 Å². The molecule has 0 spiro atoms. The first-order valence-electron chi connectivity index (χ1n) is 6.27. The summed E-state index contributed by atoms with van der Waals surface area (Å²) in [6.45, 7) is 0. The molecule has 0 radical (unpaired) electrons. The van der Waals surface area contributed by atoms with Crippen LogP contribution in [0.2, 0.25) is 0 Å². The highest BCUT2D eigenvalue weighted by molar-refractivity contribution is 5.95. The summed E-state index contributed by atoms with van der Waals surface area (Å²) in [4.78, 5) is 22.8. The maximum Gasteiger partial charge on any atom is 0.338 e. The lowest BCUT2D eigenvalue weighted by molar-refractivity contribution is 0.0211. The first kappa shape index (κ1) is 12.6. The standard InChI is InChI=1S/C14H17NO3/c15-13(16)10-6-8-11(9-7-10)14(17)18-12-4-2-1-3-5-12/h6-9,12H,1-5H2,(H2,15,16). The van der Waals surface area contributed by atoms with Crippen molar-refractivity contribution in [3.8, 4) is 0 Å². The van der Waals surface area contributed by atoms with Crippen LogP contribution >= 0.6 is 0 Å². The Morgan fingerprint density at radius 3 is 2.11 bits per heavy atom. The fraction of sp³-hybridized carbons (Fsp3) is 0.429. The zero-order valence-electron chi connectivity index (χ0n) is 10.2. The molecular weight excluding hydrogens is 230 g/mol. The second-order valence-electron chi connectivity index (χ2n) is 4.61. The van der Waals surface area contributed by atoms with Crippen molar-refractivity contribution in [2.75, 3.05) is 0 Å². The maximum absolute atomic E-state index is 11.9. The normalized spacial score (nSPS) is 16.2. The number of ether oxygens (including phenoxy) is 1. The molecule has 2 rings (SSSR count). The zero-order valence-corrected chi connectivity index (χ0v) is 10.2. The smallest absolute Gasteiger partial charge is 0.338 e. The van der Waals surface area contributed by atoms with E-state index >= 15 is 0 Å². The number of benzene rings is 1. The molecular formula is C14H17NO3. The van der Waals surface area contributed by atoms with Crippen molar-refractivity contribution >= 4 is 11.9 Å². The number of esters is 1. The van der Waals surface area contributed by atoms with Gasteiger partial charge in [-0.25, -0.2) is 4.79 Å². The van der Waals surface area contributed by atoms with Crippen LogP contribution < -0.4 is 5.73 Å². The summed E-state index contributed by atoms with van der Waals surface area (Å²) < 4.78 is 5.42. The van der Waals surface area contributed by atoms with E-state index in [0.717, 1.165) is 25.7 Å². The van der Waals surface area contributed by atoms with E-state index in [2.05, 4.69) is 0 Å². The molecule has 0 heterocycles. The summed E-state index contributed by atoms with van der Waals surface area (Å²) in [5.74, 6) is -0.819. The summed E-state index contributed by atoms with van der Waals surface area (Å²) in [6.07, 6.45) is 5.41. The third-order valence-corrected chi connectivity index (χ3v) is 3.23. The fourth-order valence-corrected chi connectivity index (χ4v) is 2.17. The Balaban J connectivity index is 1.97. The highest BCUT2D eigenvalue weighted by atomic mass is 16.5.